The van der Waals surface area contributed by atoms with E-state index in [-0.39, 0.29) is 11.5 Å². The molecule has 4 heteroatoms. The molecule has 1 atom stereocenters. The van der Waals surface area contributed by atoms with Gasteiger partial charge in [0.1, 0.15) is 5.75 Å². The van der Waals surface area contributed by atoms with Gasteiger partial charge in [-0.2, -0.15) is 0 Å². The number of rotatable bonds is 5. The zero-order valence-electron chi connectivity index (χ0n) is 12.4. The third kappa shape index (κ3) is 2.79. The smallest absolute Gasteiger partial charge is 0.138 e. The van der Waals surface area contributed by atoms with Crippen molar-refractivity contribution in [1.29, 1.82) is 0 Å². The van der Waals surface area contributed by atoms with Gasteiger partial charge in [-0.1, -0.05) is 43.0 Å². The van der Waals surface area contributed by atoms with Crippen LogP contribution in [0.3, 0.4) is 0 Å². The summed E-state index contributed by atoms with van der Waals surface area (Å²) in [7, 11) is 3.62. The molecule has 1 aliphatic carbocycles. The third-order valence-electron chi connectivity index (χ3n) is 4.79. The van der Waals surface area contributed by atoms with E-state index in [1.54, 1.807) is 7.11 Å². The highest BCUT2D eigenvalue weighted by molar-refractivity contribution is 6.34. The SMILES string of the molecule is CCC1(C(NC)c2cc(Cl)c(OC)cc2Cl)CCCC1. The van der Waals surface area contributed by atoms with E-state index >= 15 is 0 Å². The number of methoxy groups -OCH3 is 1. The average molecular weight is 316 g/mol. The summed E-state index contributed by atoms with van der Waals surface area (Å²) in [6, 6.07) is 4.02. The van der Waals surface area contributed by atoms with E-state index < -0.39 is 0 Å². The Morgan fingerprint density at radius 2 is 1.90 bits per heavy atom. The predicted molar refractivity (Wildman–Crippen MR) is 86.0 cm³/mol. The maximum atomic E-state index is 6.47. The summed E-state index contributed by atoms with van der Waals surface area (Å²) in [5, 5.41) is 4.82. The van der Waals surface area contributed by atoms with Crippen molar-refractivity contribution in [2.75, 3.05) is 14.2 Å². The lowest BCUT2D eigenvalue weighted by Crippen LogP contribution is -2.34. The van der Waals surface area contributed by atoms with Crippen molar-refractivity contribution in [3.05, 3.63) is 27.7 Å². The summed E-state index contributed by atoms with van der Waals surface area (Å²) < 4.78 is 5.23. The van der Waals surface area contributed by atoms with Crippen LogP contribution in [0.1, 0.15) is 50.6 Å². The van der Waals surface area contributed by atoms with Crippen LogP contribution in [0.4, 0.5) is 0 Å². The van der Waals surface area contributed by atoms with Crippen LogP contribution in [0, 0.1) is 5.41 Å². The monoisotopic (exact) mass is 315 g/mol. The molecule has 0 aliphatic heterocycles. The Balaban J connectivity index is 2.44. The van der Waals surface area contributed by atoms with Crippen LogP contribution in [0.25, 0.3) is 0 Å². The largest absolute Gasteiger partial charge is 0.495 e. The van der Waals surface area contributed by atoms with E-state index in [1.807, 2.05) is 19.2 Å². The number of hydrogen-bond donors (Lipinski definition) is 1. The molecule has 0 spiro atoms. The first-order chi connectivity index (χ1) is 9.57. The van der Waals surface area contributed by atoms with E-state index in [2.05, 4.69) is 12.2 Å². The molecule has 0 bridgehead atoms. The van der Waals surface area contributed by atoms with Gasteiger partial charge in [-0.3, -0.25) is 0 Å². The molecule has 1 unspecified atom stereocenters. The van der Waals surface area contributed by atoms with Crippen LogP contribution in [0.2, 0.25) is 10.0 Å². The highest BCUT2D eigenvalue weighted by Crippen LogP contribution is 2.51. The fraction of sp³-hybridized carbons (Fsp3) is 0.625. The van der Waals surface area contributed by atoms with E-state index in [0.717, 1.165) is 17.0 Å². The van der Waals surface area contributed by atoms with Crippen LogP contribution >= 0.6 is 23.2 Å². The quantitative estimate of drug-likeness (QED) is 0.803. The Labute approximate surface area is 131 Å². The molecule has 1 aromatic rings. The molecule has 1 aliphatic rings. The number of nitrogens with one attached hydrogen (secondary N) is 1. The molecular formula is C16H23Cl2NO. The minimum absolute atomic E-state index is 0.242. The topological polar surface area (TPSA) is 21.3 Å². The number of hydrogen-bond acceptors (Lipinski definition) is 2. The van der Waals surface area contributed by atoms with Crippen LogP contribution < -0.4 is 10.1 Å². The van der Waals surface area contributed by atoms with Gasteiger partial charge in [-0.15, -0.1) is 0 Å². The van der Waals surface area contributed by atoms with Crippen LogP contribution in [0.5, 0.6) is 5.75 Å². The Bertz CT molecular complexity index is 470. The average Bonchev–Trinajstić information content (AvgIpc) is 2.93. The number of benzene rings is 1. The zero-order valence-corrected chi connectivity index (χ0v) is 13.9. The van der Waals surface area contributed by atoms with Crippen molar-refractivity contribution in [2.24, 2.45) is 5.41 Å². The minimum atomic E-state index is 0.242. The Morgan fingerprint density at radius 3 is 2.40 bits per heavy atom. The van der Waals surface area contributed by atoms with Crippen LogP contribution in [-0.4, -0.2) is 14.2 Å². The van der Waals surface area contributed by atoms with Crippen molar-refractivity contribution in [2.45, 2.75) is 45.1 Å². The lowest BCUT2D eigenvalue weighted by molar-refractivity contribution is 0.195. The van der Waals surface area contributed by atoms with Crippen molar-refractivity contribution in [3.8, 4) is 5.75 Å². The second-order valence-electron chi connectivity index (χ2n) is 5.65. The number of ether oxygens (including phenoxy) is 1. The predicted octanol–water partition coefficient (Wildman–Crippen LogP) is 5.23. The number of halogens is 2. The van der Waals surface area contributed by atoms with Gasteiger partial charge in [-0.25, -0.2) is 0 Å². The third-order valence-corrected chi connectivity index (χ3v) is 5.41. The zero-order chi connectivity index (χ0) is 14.8. The second-order valence-corrected chi connectivity index (χ2v) is 6.47. The van der Waals surface area contributed by atoms with Crippen LogP contribution in [0.15, 0.2) is 12.1 Å². The molecule has 0 aromatic heterocycles. The summed E-state index contributed by atoms with van der Waals surface area (Å²) >= 11 is 12.8. The van der Waals surface area contributed by atoms with Crippen molar-refractivity contribution >= 4 is 23.2 Å². The summed E-state index contributed by atoms with van der Waals surface area (Å²) in [5.41, 5.74) is 1.37. The molecule has 0 radical (unpaired) electrons. The fourth-order valence-corrected chi connectivity index (χ4v) is 4.15. The van der Waals surface area contributed by atoms with E-state index in [9.17, 15) is 0 Å². The van der Waals surface area contributed by atoms with Crippen molar-refractivity contribution in [1.82, 2.24) is 5.32 Å². The first-order valence-electron chi connectivity index (χ1n) is 7.28. The first kappa shape index (κ1) is 15.9. The molecule has 0 amide bonds. The minimum Gasteiger partial charge on any atom is -0.495 e. The van der Waals surface area contributed by atoms with Gasteiger partial charge in [0, 0.05) is 17.1 Å². The Hall–Kier alpha value is -0.440. The maximum absolute atomic E-state index is 6.47. The summed E-state index contributed by atoms with van der Waals surface area (Å²) in [6.45, 7) is 2.27. The Kier molecular flexibility index (Phi) is 5.22. The molecule has 112 valence electrons. The first-order valence-corrected chi connectivity index (χ1v) is 8.03. The molecule has 20 heavy (non-hydrogen) atoms. The second kappa shape index (κ2) is 6.55. The molecule has 1 N–H and O–H groups in total. The summed E-state index contributed by atoms with van der Waals surface area (Å²) in [6.07, 6.45) is 6.24. The maximum Gasteiger partial charge on any atom is 0.138 e. The van der Waals surface area contributed by atoms with Crippen molar-refractivity contribution in [3.63, 3.8) is 0 Å². The molecule has 1 aromatic carbocycles. The van der Waals surface area contributed by atoms with Gasteiger partial charge in [0.25, 0.3) is 0 Å². The molecule has 2 nitrogen and oxygen atoms in total. The molecule has 0 heterocycles. The molecule has 2 rings (SSSR count). The highest BCUT2D eigenvalue weighted by Gasteiger charge is 2.40. The molecule has 1 fully saturated rings. The normalized spacial score (nSPS) is 19.1. The summed E-state index contributed by atoms with van der Waals surface area (Å²) in [4.78, 5) is 0. The van der Waals surface area contributed by atoms with E-state index in [1.165, 1.54) is 25.7 Å². The van der Waals surface area contributed by atoms with Gasteiger partial charge in [-0.05, 0) is 43.4 Å². The molecule has 0 saturated heterocycles. The van der Waals surface area contributed by atoms with Gasteiger partial charge in [0.2, 0.25) is 0 Å². The lowest BCUT2D eigenvalue weighted by Gasteiger charge is -2.37. The van der Waals surface area contributed by atoms with E-state index in [4.69, 9.17) is 27.9 Å². The van der Waals surface area contributed by atoms with E-state index in [0.29, 0.717) is 10.8 Å². The van der Waals surface area contributed by atoms with Gasteiger partial charge >= 0.3 is 0 Å². The van der Waals surface area contributed by atoms with Crippen LogP contribution in [-0.2, 0) is 0 Å². The Morgan fingerprint density at radius 1 is 1.25 bits per heavy atom. The fourth-order valence-electron chi connectivity index (χ4n) is 3.64. The standard InChI is InChI=1S/C16H23Cl2NO/c1-4-16(7-5-6-8-16)15(19-2)11-9-13(18)14(20-3)10-12(11)17/h9-10,15,19H,4-8H2,1-3H3. The molecule has 1 saturated carbocycles. The van der Waals surface area contributed by atoms with Gasteiger partial charge in [0.15, 0.2) is 0 Å². The lowest BCUT2D eigenvalue weighted by atomic mass is 9.73. The van der Waals surface area contributed by atoms with Crippen molar-refractivity contribution < 1.29 is 4.74 Å². The van der Waals surface area contributed by atoms with Gasteiger partial charge in [0.05, 0.1) is 12.1 Å². The molecular weight excluding hydrogens is 293 g/mol. The highest BCUT2D eigenvalue weighted by atomic mass is 35.5. The summed E-state index contributed by atoms with van der Waals surface area (Å²) in [5.74, 6) is 0.632. The van der Waals surface area contributed by atoms with Gasteiger partial charge < -0.3 is 10.1 Å².